The third-order valence-corrected chi connectivity index (χ3v) is 9.02. The van der Waals surface area contributed by atoms with Crippen LogP contribution in [0.15, 0.2) is 76.3 Å². The van der Waals surface area contributed by atoms with Crippen molar-refractivity contribution < 1.29 is 13.2 Å². The molecule has 1 saturated heterocycles. The molecule has 31 heavy (non-hydrogen) atoms. The van der Waals surface area contributed by atoms with Crippen LogP contribution in [0, 0.1) is 12.8 Å². The Hall–Kier alpha value is -2.48. The number of piperidine rings is 1. The van der Waals surface area contributed by atoms with Gasteiger partial charge in [0.05, 0.1) is 6.04 Å². The van der Waals surface area contributed by atoms with E-state index in [9.17, 15) is 13.2 Å². The largest absolute Gasteiger partial charge is 0.345 e. The number of carbonyl (C=O) groups is 1. The molecule has 0 bridgehead atoms. The maximum absolute atomic E-state index is 13.1. The molecule has 1 atom stereocenters. The summed E-state index contributed by atoms with van der Waals surface area (Å²) in [6.07, 6.45) is 1.04. The van der Waals surface area contributed by atoms with Gasteiger partial charge < -0.3 is 5.32 Å². The Kier molecular flexibility index (Phi) is 6.55. The molecule has 0 saturated carbocycles. The average molecular weight is 455 g/mol. The zero-order valence-electron chi connectivity index (χ0n) is 17.4. The normalized spacial score (nSPS) is 16.7. The smallest absolute Gasteiger partial charge is 0.252 e. The molecule has 1 amide bonds. The first kappa shape index (κ1) is 21.7. The second-order valence-electron chi connectivity index (χ2n) is 7.87. The first-order valence-electron chi connectivity index (χ1n) is 10.4. The maximum atomic E-state index is 13.1. The summed E-state index contributed by atoms with van der Waals surface area (Å²) in [5.41, 5.74) is 3.22. The standard InChI is InChI=1S/C24H26N2O3S2/c1-18-9-11-20(12-10-18)23(19-6-3-2-4-7-19)25-24(27)21-13-15-26(16-14-21)31(28,29)22-8-5-17-30-22/h2-12,17,21,23H,13-16H2,1H3,(H,25,27)/t23-/m0/s1. The van der Waals surface area contributed by atoms with Crippen molar-refractivity contribution in [3.8, 4) is 0 Å². The lowest BCUT2D eigenvalue weighted by Crippen LogP contribution is -2.43. The second-order valence-corrected chi connectivity index (χ2v) is 11.0. The molecule has 1 fully saturated rings. The van der Waals surface area contributed by atoms with E-state index in [2.05, 4.69) is 5.32 Å². The number of amides is 1. The van der Waals surface area contributed by atoms with Gasteiger partial charge in [-0.25, -0.2) is 8.42 Å². The number of sulfonamides is 1. The van der Waals surface area contributed by atoms with Crippen LogP contribution in [0.25, 0.3) is 0 Å². The van der Waals surface area contributed by atoms with Crippen LogP contribution in [0.1, 0.15) is 35.6 Å². The van der Waals surface area contributed by atoms with Gasteiger partial charge in [-0.15, -0.1) is 11.3 Å². The summed E-state index contributed by atoms with van der Waals surface area (Å²) in [5.74, 6) is -0.228. The Labute approximate surface area is 187 Å². The fraction of sp³-hybridized carbons (Fsp3) is 0.292. The summed E-state index contributed by atoms with van der Waals surface area (Å²) in [5, 5.41) is 4.98. The number of hydrogen-bond donors (Lipinski definition) is 1. The highest BCUT2D eigenvalue weighted by Gasteiger charge is 2.33. The molecule has 1 aromatic heterocycles. The van der Waals surface area contributed by atoms with E-state index in [1.54, 1.807) is 17.5 Å². The maximum Gasteiger partial charge on any atom is 0.252 e. The van der Waals surface area contributed by atoms with Crippen LogP contribution >= 0.6 is 11.3 Å². The Morgan fingerprint density at radius 1 is 0.968 bits per heavy atom. The first-order chi connectivity index (χ1) is 14.9. The zero-order chi connectivity index (χ0) is 21.8. The predicted molar refractivity (Wildman–Crippen MR) is 123 cm³/mol. The van der Waals surface area contributed by atoms with Gasteiger partial charge in [0.1, 0.15) is 4.21 Å². The molecule has 2 aromatic carbocycles. The molecule has 0 unspecified atom stereocenters. The minimum atomic E-state index is -3.46. The van der Waals surface area contributed by atoms with Crippen LogP contribution in [0.3, 0.4) is 0 Å². The van der Waals surface area contributed by atoms with Crippen LogP contribution in [0.5, 0.6) is 0 Å². The quantitative estimate of drug-likeness (QED) is 0.602. The summed E-state index contributed by atoms with van der Waals surface area (Å²) >= 11 is 1.23. The van der Waals surface area contributed by atoms with Crippen molar-refractivity contribution >= 4 is 27.3 Å². The summed E-state index contributed by atoms with van der Waals surface area (Å²) in [4.78, 5) is 13.1. The number of nitrogens with zero attached hydrogens (tertiary/aromatic N) is 1. The van der Waals surface area contributed by atoms with Crippen molar-refractivity contribution in [1.29, 1.82) is 0 Å². The molecular weight excluding hydrogens is 428 g/mol. The zero-order valence-corrected chi connectivity index (χ0v) is 19.0. The molecule has 2 heterocycles. The van der Waals surface area contributed by atoms with Gasteiger partial charge in [-0.1, -0.05) is 66.2 Å². The molecule has 0 spiro atoms. The molecular formula is C24H26N2O3S2. The van der Waals surface area contributed by atoms with Gasteiger partial charge in [0.15, 0.2) is 0 Å². The highest BCUT2D eigenvalue weighted by atomic mass is 32.2. The van der Waals surface area contributed by atoms with Gasteiger partial charge in [0.25, 0.3) is 10.0 Å². The number of nitrogens with one attached hydrogen (secondary N) is 1. The number of thiophene rings is 1. The molecule has 162 valence electrons. The summed E-state index contributed by atoms with van der Waals surface area (Å²) in [6.45, 7) is 2.76. The number of aryl methyl sites for hydroxylation is 1. The van der Waals surface area contributed by atoms with Gasteiger partial charge >= 0.3 is 0 Å². The Balaban J connectivity index is 1.46. The molecule has 4 rings (SSSR count). The fourth-order valence-electron chi connectivity index (χ4n) is 3.92. The minimum Gasteiger partial charge on any atom is -0.345 e. The predicted octanol–water partition coefficient (Wildman–Crippen LogP) is 4.36. The number of rotatable bonds is 6. The molecule has 7 heteroatoms. The van der Waals surface area contributed by atoms with Gasteiger partial charge in [0.2, 0.25) is 5.91 Å². The van der Waals surface area contributed by atoms with Gasteiger partial charge in [0, 0.05) is 19.0 Å². The number of hydrogen-bond acceptors (Lipinski definition) is 4. The summed E-state index contributed by atoms with van der Waals surface area (Å²) in [7, 11) is -3.46. The fourth-order valence-corrected chi connectivity index (χ4v) is 6.53. The van der Waals surface area contributed by atoms with E-state index in [1.807, 2.05) is 61.5 Å². The third kappa shape index (κ3) is 4.89. The lowest BCUT2D eigenvalue weighted by molar-refractivity contribution is -0.126. The summed E-state index contributed by atoms with van der Waals surface area (Å²) < 4.78 is 27.3. The molecule has 3 aromatic rings. The van der Waals surface area contributed by atoms with Gasteiger partial charge in [-0.2, -0.15) is 4.31 Å². The SMILES string of the molecule is Cc1ccc([C@@H](NC(=O)C2CCN(S(=O)(=O)c3cccs3)CC2)c2ccccc2)cc1. The van der Waals surface area contributed by atoms with Crippen molar-refractivity contribution in [3.05, 3.63) is 88.8 Å². The third-order valence-electron chi connectivity index (χ3n) is 5.74. The highest BCUT2D eigenvalue weighted by molar-refractivity contribution is 7.91. The summed E-state index contributed by atoms with van der Waals surface area (Å²) in [6, 6.07) is 21.2. The lowest BCUT2D eigenvalue weighted by atomic mass is 9.94. The number of carbonyl (C=O) groups excluding carboxylic acids is 1. The topological polar surface area (TPSA) is 66.5 Å². The van der Waals surface area contributed by atoms with Gasteiger partial charge in [-0.3, -0.25) is 4.79 Å². The molecule has 0 aliphatic carbocycles. The van der Waals surface area contributed by atoms with E-state index >= 15 is 0 Å². The monoisotopic (exact) mass is 454 g/mol. The molecule has 5 nitrogen and oxygen atoms in total. The van der Waals surface area contributed by atoms with E-state index in [-0.39, 0.29) is 17.9 Å². The molecule has 1 aliphatic rings. The Morgan fingerprint density at radius 3 is 2.23 bits per heavy atom. The van der Waals surface area contributed by atoms with Crippen molar-refractivity contribution in [2.24, 2.45) is 5.92 Å². The number of benzene rings is 2. The van der Waals surface area contributed by atoms with Crippen LogP contribution in [0.2, 0.25) is 0 Å². The van der Waals surface area contributed by atoms with Crippen molar-refractivity contribution in [3.63, 3.8) is 0 Å². The van der Waals surface area contributed by atoms with E-state index in [1.165, 1.54) is 21.2 Å². The van der Waals surface area contributed by atoms with E-state index in [4.69, 9.17) is 0 Å². The van der Waals surface area contributed by atoms with Crippen molar-refractivity contribution in [1.82, 2.24) is 9.62 Å². The first-order valence-corrected chi connectivity index (χ1v) is 12.7. The molecule has 1 N–H and O–H groups in total. The van der Waals surface area contributed by atoms with Gasteiger partial charge in [-0.05, 0) is 42.3 Å². The second kappa shape index (κ2) is 9.34. The van der Waals surface area contributed by atoms with E-state index < -0.39 is 10.0 Å². The van der Waals surface area contributed by atoms with Crippen LogP contribution in [-0.2, 0) is 14.8 Å². The van der Waals surface area contributed by atoms with Crippen LogP contribution < -0.4 is 5.32 Å². The highest BCUT2D eigenvalue weighted by Crippen LogP contribution is 2.28. The lowest BCUT2D eigenvalue weighted by Gasteiger charge is -2.31. The van der Waals surface area contributed by atoms with Crippen molar-refractivity contribution in [2.75, 3.05) is 13.1 Å². The Bertz CT molecular complexity index is 1100. The van der Waals surface area contributed by atoms with Crippen LogP contribution in [-0.4, -0.2) is 31.7 Å². The molecule has 0 radical (unpaired) electrons. The van der Waals surface area contributed by atoms with E-state index in [0.717, 1.165) is 11.1 Å². The van der Waals surface area contributed by atoms with E-state index in [0.29, 0.717) is 30.1 Å². The van der Waals surface area contributed by atoms with Crippen molar-refractivity contribution in [2.45, 2.75) is 30.0 Å². The molecule has 1 aliphatic heterocycles. The Morgan fingerprint density at radius 2 is 1.61 bits per heavy atom. The minimum absolute atomic E-state index is 0.0254. The van der Waals surface area contributed by atoms with Crippen LogP contribution in [0.4, 0.5) is 0 Å². The average Bonchev–Trinajstić information content (AvgIpc) is 3.35.